The number of thiazole rings is 1. The molecule has 1 N–H and O–H groups in total. The van der Waals surface area contributed by atoms with E-state index in [-0.39, 0.29) is 11.9 Å². The Morgan fingerprint density at radius 3 is 3.04 bits per heavy atom. The number of aromatic amines is 1. The van der Waals surface area contributed by atoms with Crippen LogP contribution in [-0.2, 0) is 30.5 Å². The van der Waals surface area contributed by atoms with E-state index in [2.05, 4.69) is 21.0 Å². The van der Waals surface area contributed by atoms with Gasteiger partial charge in [-0.3, -0.25) is 4.79 Å². The maximum atomic E-state index is 13.1. The number of fused-ring (bicyclic) bond motifs is 2. The Labute approximate surface area is 166 Å². The average Bonchev–Trinajstić information content (AvgIpc) is 3.45. The van der Waals surface area contributed by atoms with Crippen LogP contribution < -0.4 is 0 Å². The third-order valence-corrected chi connectivity index (χ3v) is 7.70. The van der Waals surface area contributed by atoms with Gasteiger partial charge in [0.2, 0.25) is 5.91 Å². The van der Waals surface area contributed by atoms with Crippen LogP contribution in [0.15, 0.2) is 24.0 Å². The quantitative estimate of drug-likeness (QED) is 0.725. The van der Waals surface area contributed by atoms with Gasteiger partial charge in [-0.15, -0.1) is 22.7 Å². The molecule has 140 valence electrons. The molecular formula is C20H22N4OS2. The van der Waals surface area contributed by atoms with Gasteiger partial charge in [0.15, 0.2) is 0 Å². The minimum atomic E-state index is -0.0422. The molecule has 1 aliphatic heterocycles. The van der Waals surface area contributed by atoms with Crippen LogP contribution >= 0.6 is 22.7 Å². The highest BCUT2D eigenvalue weighted by atomic mass is 32.1. The van der Waals surface area contributed by atoms with Crippen LogP contribution in [0.3, 0.4) is 0 Å². The van der Waals surface area contributed by atoms with Crippen molar-refractivity contribution in [2.24, 2.45) is 0 Å². The topological polar surface area (TPSA) is 61.9 Å². The van der Waals surface area contributed by atoms with Crippen molar-refractivity contribution in [3.05, 3.63) is 55.7 Å². The second kappa shape index (κ2) is 7.20. The van der Waals surface area contributed by atoms with E-state index in [1.165, 1.54) is 46.7 Å². The summed E-state index contributed by atoms with van der Waals surface area (Å²) in [4.78, 5) is 30.2. The molecule has 1 atom stereocenters. The summed E-state index contributed by atoms with van der Waals surface area (Å²) in [7, 11) is 0. The standard InChI is InChI=1S/C20H22N4OS2/c25-18(6-5-17-21-8-10-26-17)24-9-7-14-19(23-12-22-14)20(24)16-11-13-3-1-2-4-15(13)27-16/h8,10-12,20H,1-7,9H2,(H,22,23)/t20-/m1/s1. The number of thiophene rings is 1. The molecule has 0 bridgehead atoms. The SMILES string of the molecule is O=C(CCc1nccs1)N1CCc2[nH]cnc2[C@H]1c1cc2c(s1)CCCC2. The molecule has 3 aromatic heterocycles. The summed E-state index contributed by atoms with van der Waals surface area (Å²) in [6.07, 6.45) is 10.6. The van der Waals surface area contributed by atoms with Gasteiger partial charge in [-0.25, -0.2) is 9.97 Å². The highest BCUT2D eigenvalue weighted by Crippen LogP contribution is 2.40. The average molecular weight is 399 g/mol. The van der Waals surface area contributed by atoms with Gasteiger partial charge in [-0.2, -0.15) is 0 Å². The second-order valence-electron chi connectivity index (χ2n) is 7.24. The van der Waals surface area contributed by atoms with Crippen molar-refractivity contribution in [1.29, 1.82) is 0 Å². The number of hydrogen-bond donors (Lipinski definition) is 1. The lowest BCUT2D eigenvalue weighted by molar-refractivity contribution is -0.133. The summed E-state index contributed by atoms with van der Waals surface area (Å²) in [5.41, 5.74) is 3.69. The normalized spacial score (nSPS) is 19.0. The van der Waals surface area contributed by atoms with Crippen molar-refractivity contribution in [3.63, 3.8) is 0 Å². The Morgan fingerprint density at radius 1 is 1.26 bits per heavy atom. The number of hydrogen-bond acceptors (Lipinski definition) is 5. The Hall–Kier alpha value is -1.99. The summed E-state index contributed by atoms with van der Waals surface area (Å²) in [6.45, 7) is 0.749. The molecule has 5 rings (SSSR count). The summed E-state index contributed by atoms with van der Waals surface area (Å²) in [6, 6.07) is 2.30. The summed E-state index contributed by atoms with van der Waals surface area (Å²) in [5, 5.41) is 3.00. The van der Waals surface area contributed by atoms with Crippen LogP contribution in [0.2, 0.25) is 0 Å². The minimum absolute atomic E-state index is 0.0422. The first-order chi connectivity index (χ1) is 13.3. The number of H-pyrrole nitrogens is 1. The summed E-state index contributed by atoms with van der Waals surface area (Å²) < 4.78 is 0. The Kier molecular flexibility index (Phi) is 4.57. The fraction of sp³-hybridized carbons (Fsp3) is 0.450. The molecule has 1 aliphatic carbocycles. The van der Waals surface area contributed by atoms with Crippen LogP contribution in [0.1, 0.15) is 57.0 Å². The summed E-state index contributed by atoms with van der Waals surface area (Å²) >= 11 is 3.51. The van der Waals surface area contributed by atoms with Crippen molar-refractivity contribution in [2.45, 2.75) is 51.0 Å². The third-order valence-electron chi connectivity index (χ3n) is 5.57. The van der Waals surface area contributed by atoms with Crippen LogP contribution in [0, 0.1) is 0 Å². The smallest absolute Gasteiger partial charge is 0.223 e. The van der Waals surface area contributed by atoms with Crippen molar-refractivity contribution in [2.75, 3.05) is 6.54 Å². The van der Waals surface area contributed by atoms with E-state index in [1.54, 1.807) is 23.9 Å². The molecule has 0 fully saturated rings. The molecule has 1 amide bonds. The first kappa shape index (κ1) is 17.1. The second-order valence-corrected chi connectivity index (χ2v) is 9.38. The predicted molar refractivity (Wildman–Crippen MR) is 107 cm³/mol. The molecule has 0 saturated carbocycles. The molecule has 7 heteroatoms. The number of nitrogens with one attached hydrogen (secondary N) is 1. The van der Waals surface area contributed by atoms with E-state index in [0.29, 0.717) is 12.8 Å². The van der Waals surface area contributed by atoms with Crippen molar-refractivity contribution in [3.8, 4) is 0 Å². The number of carbonyl (C=O) groups is 1. The fourth-order valence-corrected chi connectivity index (χ4v) is 6.21. The largest absolute Gasteiger partial charge is 0.348 e. The molecule has 0 radical (unpaired) electrons. The lowest BCUT2D eigenvalue weighted by Crippen LogP contribution is -2.40. The van der Waals surface area contributed by atoms with Crippen molar-refractivity contribution in [1.82, 2.24) is 19.9 Å². The first-order valence-corrected chi connectivity index (χ1v) is 11.3. The van der Waals surface area contributed by atoms with E-state index in [1.807, 2.05) is 21.6 Å². The molecule has 0 aromatic carbocycles. The van der Waals surface area contributed by atoms with Gasteiger partial charge in [-0.05, 0) is 37.3 Å². The Balaban J connectivity index is 1.44. The number of imidazole rings is 1. The number of aryl methyl sites for hydroxylation is 3. The van der Waals surface area contributed by atoms with Gasteiger partial charge in [0.25, 0.3) is 0 Å². The Bertz CT molecular complexity index is 920. The van der Waals surface area contributed by atoms with Crippen LogP contribution in [0.5, 0.6) is 0 Å². The highest BCUT2D eigenvalue weighted by Gasteiger charge is 2.35. The van der Waals surface area contributed by atoms with Crippen LogP contribution in [-0.4, -0.2) is 32.3 Å². The number of aromatic nitrogens is 3. The van der Waals surface area contributed by atoms with E-state index < -0.39 is 0 Å². The van der Waals surface area contributed by atoms with Gasteiger partial charge in [0, 0.05) is 52.8 Å². The molecule has 0 unspecified atom stereocenters. The predicted octanol–water partition coefficient (Wildman–Crippen LogP) is 3.91. The number of rotatable bonds is 4. The van der Waals surface area contributed by atoms with Gasteiger partial charge >= 0.3 is 0 Å². The first-order valence-electron chi connectivity index (χ1n) is 9.61. The third kappa shape index (κ3) is 3.23. The molecule has 4 heterocycles. The Morgan fingerprint density at radius 2 is 2.19 bits per heavy atom. The molecule has 5 nitrogen and oxygen atoms in total. The zero-order valence-electron chi connectivity index (χ0n) is 15.1. The van der Waals surface area contributed by atoms with Gasteiger partial charge in [0.1, 0.15) is 6.04 Å². The number of carbonyl (C=O) groups excluding carboxylic acids is 1. The molecule has 2 aliphatic rings. The highest BCUT2D eigenvalue weighted by molar-refractivity contribution is 7.12. The van der Waals surface area contributed by atoms with E-state index in [4.69, 9.17) is 0 Å². The minimum Gasteiger partial charge on any atom is -0.348 e. The molecule has 0 spiro atoms. The van der Waals surface area contributed by atoms with Gasteiger partial charge in [-0.1, -0.05) is 0 Å². The van der Waals surface area contributed by atoms with Crippen LogP contribution in [0.25, 0.3) is 0 Å². The molecule has 0 saturated heterocycles. The van der Waals surface area contributed by atoms with Gasteiger partial charge < -0.3 is 9.88 Å². The van der Waals surface area contributed by atoms with E-state index in [0.717, 1.165) is 23.7 Å². The van der Waals surface area contributed by atoms with E-state index in [9.17, 15) is 4.79 Å². The maximum Gasteiger partial charge on any atom is 0.223 e. The fourth-order valence-electron chi connectivity index (χ4n) is 4.22. The van der Waals surface area contributed by atoms with Gasteiger partial charge in [0.05, 0.1) is 17.0 Å². The number of nitrogens with zero attached hydrogens (tertiary/aromatic N) is 3. The monoisotopic (exact) mass is 398 g/mol. The van der Waals surface area contributed by atoms with E-state index >= 15 is 0 Å². The zero-order chi connectivity index (χ0) is 18.2. The number of amides is 1. The summed E-state index contributed by atoms with van der Waals surface area (Å²) in [5.74, 6) is 0.204. The lowest BCUT2D eigenvalue weighted by Gasteiger charge is -2.34. The molecular weight excluding hydrogens is 376 g/mol. The lowest BCUT2D eigenvalue weighted by atomic mass is 9.96. The molecule has 27 heavy (non-hydrogen) atoms. The zero-order valence-corrected chi connectivity index (χ0v) is 16.7. The van der Waals surface area contributed by atoms with Crippen LogP contribution in [0.4, 0.5) is 0 Å². The van der Waals surface area contributed by atoms with Crippen molar-refractivity contribution >= 4 is 28.6 Å². The van der Waals surface area contributed by atoms with Crippen molar-refractivity contribution < 1.29 is 4.79 Å². The molecule has 3 aromatic rings. The maximum absolute atomic E-state index is 13.1.